The van der Waals surface area contributed by atoms with E-state index in [2.05, 4.69) is 112 Å². The first kappa shape index (κ1) is 16.6. The van der Waals surface area contributed by atoms with E-state index in [9.17, 15) is 0 Å². The number of halogens is 7. The summed E-state index contributed by atoms with van der Waals surface area (Å²) < 4.78 is -1.60. The third-order valence-electron chi connectivity index (χ3n) is 1.89. The first-order valence-corrected chi connectivity index (χ1v) is 9.53. The molecule has 16 heavy (non-hydrogen) atoms. The van der Waals surface area contributed by atoms with Crippen LogP contribution in [-0.2, 0) is 3.23 Å². The van der Waals surface area contributed by atoms with Gasteiger partial charge in [-0.2, -0.15) is 0 Å². The zero-order valence-corrected chi connectivity index (χ0v) is 18.6. The second-order valence-electron chi connectivity index (χ2n) is 3.01. The van der Waals surface area contributed by atoms with Crippen molar-refractivity contribution < 1.29 is 0 Å². The van der Waals surface area contributed by atoms with Crippen molar-refractivity contribution in [3.63, 3.8) is 0 Å². The van der Waals surface area contributed by atoms with Crippen molar-refractivity contribution in [1.29, 1.82) is 0 Å². The number of benzene rings is 1. The van der Waals surface area contributed by atoms with Crippen molar-refractivity contribution in [2.75, 3.05) is 0 Å². The van der Waals surface area contributed by atoms with Crippen LogP contribution in [0.2, 0.25) is 0 Å². The Morgan fingerprint density at radius 1 is 0.688 bits per heavy atom. The van der Waals surface area contributed by atoms with Crippen LogP contribution in [0.1, 0.15) is 5.56 Å². The topological polar surface area (TPSA) is 0 Å². The lowest BCUT2D eigenvalue weighted by molar-refractivity contribution is 0.837. The van der Waals surface area contributed by atoms with Gasteiger partial charge in [0.25, 0.3) is 0 Å². The number of rotatable bonds is 2. The molecule has 0 N–H and O–H groups in total. The summed E-state index contributed by atoms with van der Waals surface area (Å²) in [5.41, 5.74) is 1.08. The summed E-state index contributed by atoms with van der Waals surface area (Å²) in [6, 6.07) is 10.0. The van der Waals surface area contributed by atoms with Crippen LogP contribution >= 0.6 is 112 Å². The first-order valence-electron chi connectivity index (χ1n) is 3.98. The van der Waals surface area contributed by atoms with Gasteiger partial charge in [-0.1, -0.05) is 142 Å². The minimum absolute atomic E-state index is 0.509. The third kappa shape index (κ3) is 3.37. The van der Waals surface area contributed by atoms with Crippen molar-refractivity contribution in [3.8, 4) is 0 Å². The summed E-state index contributed by atoms with van der Waals surface area (Å²) in [7, 11) is 0. The number of hydrogen-bond acceptors (Lipinski definition) is 0. The monoisotopic (exact) mass is 665 g/mol. The molecular weight excluding hydrogens is 667 g/mol. The van der Waals surface area contributed by atoms with Crippen LogP contribution in [-0.4, -0.2) is 5.38 Å². The highest BCUT2D eigenvalue weighted by Crippen LogP contribution is 2.66. The molecule has 90 valence electrons. The molecule has 0 saturated heterocycles. The second kappa shape index (κ2) is 5.92. The molecule has 0 heterocycles. The fourth-order valence-corrected chi connectivity index (χ4v) is 5.08. The van der Waals surface area contributed by atoms with Crippen LogP contribution in [0.15, 0.2) is 30.3 Å². The van der Waals surface area contributed by atoms with Gasteiger partial charge in [-0.3, -0.25) is 0 Å². The molecule has 0 amide bonds. The Morgan fingerprint density at radius 2 is 1.12 bits per heavy atom. The van der Waals surface area contributed by atoms with Crippen LogP contribution < -0.4 is 0 Å². The third-order valence-corrected chi connectivity index (χ3v) is 13.5. The van der Waals surface area contributed by atoms with Crippen LogP contribution in [0.4, 0.5) is 0 Å². The van der Waals surface area contributed by atoms with E-state index in [4.69, 9.17) is 0 Å². The van der Waals surface area contributed by atoms with Crippen LogP contribution in [0.3, 0.4) is 0 Å². The molecule has 1 aromatic carbocycles. The smallest absolute Gasteiger partial charge is 0.0663 e. The number of hydrogen-bond donors (Lipinski definition) is 0. The van der Waals surface area contributed by atoms with E-state index < -0.39 is 8.61 Å². The minimum atomic E-state index is -0.554. The molecule has 0 nitrogen and oxygen atoms in total. The average Bonchev–Trinajstić information content (AvgIpc) is 2.17. The standard InChI is InChI=1S/C9H5Br7/c10-7(11,6-4-2-1-3-5-6)8(12,13)9(14,15)16/h1-5H. The molecule has 0 fully saturated rings. The SMILES string of the molecule is BrC(Br)(Br)C(Br)(Br)C(Br)(Br)c1ccccc1. The average molecular weight is 672 g/mol. The van der Waals surface area contributed by atoms with E-state index in [-0.39, 0.29) is 0 Å². The Hall–Kier alpha value is 2.58. The Balaban J connectivity index is 3.22. The van der Waals surface area contributed by atoms with Crippen molar-refractivity contribution in [1.82, 2.24) is 0 Å². The molecule has 7 heteroatoms. The van der Waals surface area contributed by atoms with E-state index in [0.717, 1.165) is 5.56 Å². The molecule has 1 aromatic rings. The molecule has 0 atom stereocenters. The second-order valence-corrected chi connectivity index (χ2v) is 16.7. The lowest BCUT2D eigenvalue weighted by Crippen LogP contribution is -2.42. The Bertz CT molecular complexity index is 352. The van der Waals surface area contributed by atoms with Gasteiger partial charge in [-0.05, 0) is 5.56 Å². The fraction of sp³-hybridized carbons (Fsp3) is 0.333. The highest BCUT2D eigenvalue weighted by Gasteiger charge is 2.57. The predicted molar refractivity (Wildman–Crippen MR) is 96.1 cm³/mol. The molecule has 0 unspecified atom stereocenters. The zero-order valence-electron chi connectivity index (χ0n) is 7.53. The molecule has 0 radical (unpaired) electrons. The van der Waals surface area contributed by atoms with Crippen LogP contribution in [0.5, 0.6) is 0 Å². The van der Waals surface area contributed by atoms with E-state index in [1.54, 1.807) is 0 Å². The summed E-state index contributed by atoms with van der Waals surface area (Å²) in [5, 5.41) is 0. The van der Waals surface area contributed by atoms with Gasteiger partial charge in [0.1, 0.15) is 6.47 Å². The summed E-state index contributed by atoms with van der Waals surface area (Å²) in [5.74, 6) is 0. The van der Waals surface area contributed by atoms with Crippen molar-refractivity contribution >= 4 is 112 Å². The largest absolute Gasteiger partial charge is 0.162 e. The van der Waals surface area contributed by atoms with E-state index in [1.165, 1.54) is 0 Å². The maximum absolute atomic E-state index is 3.68. The van der Waals surface area contributed by atoms with Gasteiger partial charge in [0, 0.05) is 0 Å². The maximum atomic E-state index is 3.68. The fourth-order valence-electron chi connectivity index (χ4n) is 1.01. The first-order chi connectivity index (χ1) is 7.11. The van der Waals surface area contributed by atoms with Gasteiger partial charge in [0.2, 0.25) is 0 Å². The van der Waals surface area contributed by atoms with Gasteiger partial charge in [-0.25, -0.2) is 0 Å². The molecule has 0 bridgehead atoms. The van der Waals surface area contributed by atoms with Gasteiger partial charge in [0.05, 0.1) is 0 Å². The predicted octanol–water partition coefficient (Wildman–Crippen LogP) is 6.95. The Morgan fingerprint density at radius 3 is 1.50 bits per heavy atom. The van der Waals surface area contributed by atoms with Crippen molar-refractivity contribution in [2.45, 2.75) is 8.61 Å². The van der Waals surface area contributed by atoms with Gasteiger partial charge < -0.3 is 0 Å². The quantitative estimate of drug-likeness (QED) is 0.299. The lowest BCUT2D eigenvalue weighted by atomic mass is 10.1. The summed E-state index contributed by atoms with van der Waals surface area (Å²) >= 11 is 25.2. The highest BCUT2D eigenvalue weighted by molar-refractivity contribution is 9.42. The normalized spacial score (nSPS) is 13.9. The highest BCUT2D eigenvalue weighted by atomic mass is 80.0. The molecule has 0 aliphatic heterocycles. The van der Waals surface area contributed by atoms with Crippen LogP contribution in [0.25, 0.3) is 0 Å². The molecule has 0 aliphatic rings. The molecule has 0 saturated carbocycles. The van der Waals surface area contributed by atoms with E-state index >= 15 is 0 Å². The maximum Gasteiger partial charge on any atom is 0.162 e. The van der Waals surface area contributed by atoms with Gasteiger partial charge >= 0.3 is 0 Å². The van der Waals surface area contributed by atoms with Gasteiger partial charge in [-0.15, -0.1) is 0 Å². The molecule has 1 rings (SSSR count). The molecule has 0 spiro atoms. The zero-order chi connectivity index (χ0) is 12.6. The number of alkyl halides is 7. The molecule has 0 aliphatic carbocycles. The van der Waals surface area contributed by atoms with E-state index in [0.29, 0.717) is 0 Å². The Kier molecular flexibility index (Phi) is 6.15. The summed E-state index contributed by atoms with van der Waals surface area (Å²) in [6.45, 7) is 0. The van der Waals surface area contributed by atoms with Crippen LogP contribution in [0, 0.1) is 0 Å². The van der Waals surface area contributed by atoms with Crippen molar-refractivity contribution in [3.05, 3.63) is 35.9 Å². The molecule has 0 aromatic heterocycles. The summed E-state index contributed by atoms with van der Waals surface area (Å²) in [4.78, 5) is 0. The Labute approximate surface area is 154 Å². The van der Waals surface area contributed by atoms with Gasteiger partial charge in [0.15, 0.2) is 2.14 Å². The minimum Gasteiger partial charge on any atom is -0.0663 e. The lowest BCUT2D eigenvalue weighted by Gasteiger charge is -2.40. The summed E-state index contributed by atoms with van der Waals surface area (Å²) in [6.07, 6.45) is 0. The van der Waals surface area contributed by atoms with Crippen molar-refractivity contribution in [2.24, 2.45) is 0 Å². The van der Waals surface area contributed by atoms with E-state index in [1.807, 2.05) is 30.3 Å². The molecular formula is C9H5Br7.